The first-order chi connectivity index (χ1) is 9.11. The zero-order valence-electron chi connectivity index (χ0n) is 10.7. The number of carbonyl (C=O) groups excluding carboxylic acids is 1. The van der Waals surface area contributed by atoms with Crippen molar-refractivity contribution in [3.63, 3.8) is 0 Å². The first-order valence-corrected chi connectivity index (χ1v) is 6.94. The van der Waals surface area contributed by atoms with Gasteiger partial charge in [0.25, 0.3) is 0 Å². The van der Waals surface area contributed by atoms with Gasteiger partial charge in [-0.1, -0.05) is 17.7 Å². The van der Waals surface area contributed by atoms with Crippen LogP contribution in [-0.2, 0) is 4.79 Å². The highest BCUT2D eigenvalue weighted by Gasteiger charge is 2.26. The molecule has 2 rings (SSSR count). The van der Waals surface area contributed by atoms with E-state index in [1.165, 1.54) is 12.1 Å². The Morgan fingerprint density at radius 1 is 1.37 bits per heavy atom. The largest absolute Gasteiger partial charge is 0.330 e. The number of carbonyl (C=O) groups is 1. The molecule has 0 aromatic heterocycles. The number of halogens is 2. The first kappa shape index (κ1) is 14.3. The molecule has 0 heterocycles. The molecule has 0 atom stereocenters. The van der Waals surface area contributed by atoms with Crippen molar-refractivity contribution in [3.05, 3.63) is 29.0 Å². The number of benzene rings is 1. The normalized spacial score (nSPS) is 23.1. The number of anilines is 1. The van der Waals surface area contributed by atoms with Gasteiger partial charge < -0.3 is 11.1 Å². The number of nitrogens with two attached hydrogens (primary N) is 1. The average molecular weight is 285 g/mol. The van der Waals surface area contributed by atoms with Crippen LogP contribution in [0.4, 0.5) is 10.1 Å². The van der Waals surface area contributed by atoms with Gasteiger partial charge in [0.2, 0.25) is 5.91 Å². The van der Waals surface area contributed by atoms with Crippen LogP contribution in [0.5, 0.6) is 0 Å². The molecule has 3 nitrogen and oxygen atoms in total. The Labute approximate surface area is 117 Å². The maximum atomic E-state index is 13.7. The van der Waals surface area contributed by atoms with Crippen LogP contribution >= 0.6 is 11.6 Å². The lowest BCUT2D eigenvalue weighted by atomic mass is 9.81. The fraction of sp³-hybridized carbons (Fsp3) is 0.500. The molecule has 3 N–H and O–H groups in total. The predicted molar refractivity (Wildman–Crippen MR) is 74.5 cm³/mol. The molecule has 0 unspecified atom stereocenters. The van der Waals surface area contributed by atoms with Crippen molar-refractivity contribution >= 4 is 23.2 Å². The number of nitrogens with one attached hydrogen (secondary N) is 1. The Kier molecular flexibility index (Phi) is 4.77. The number of rotatable bonds is 3. The van der Waals surface area contributed by atoms with E-state index in [0.717, 1.165) is 25.7 Å². The summed E-state index contributed by atoms with van der Waals surface area (Å²) in [7, 11) is 0. The molecule has 1 aromatic rings. The highest BCUT2D eigenvalue weighted by Crippen LogP contribution is 2.30. The quantitative estimate of drug-likeness (QED) is 0.896. The van der Waals surface area contributed by atoms with Crippen LogP contribution in [-0.4, -0.2) is 12.5 Å². The Hall–Kier alpha value is -1.13. The highest BCUT2D eigenvalue weighted by molar-refractivity contribution is 6.31. The van der Waals surface area contributed by atoms with Crippen molar-refractivity contribution < 1.29 is 9.18 Å². The molecule has 19 heavy (non-hydrogen) atoms. The summed E-state index contributed by atoms with van der Waals surface area (Å²) >= 11 is 5.68. The molecule has 1 aliphatic rings. The standard InChI is InChI=1S/C14H18ClFN2O/c15-11-2-1-3-12(13(11)16)18-14(19)10-6-4-9(8-17)5-7-10/h1-3,9-10H,4-8,17H2,(H,18,19). The van der Waals surface area contributed by atoms with Crippen molar-refractivity contribution in [3.8, 4) is 0 Å². The van der Waals surface area contributed by atoms with Crippen molar-refractivity contribution in [2.75, 3.05) is 11.9 Å². The van der Waals surface area contributed by atoms with E-state index < -0.39 is 5.82 Å². The molecule has 1 aromatic carbocycles. The van der Waals surface area contributed by atoms with Crippen molar-refractivity contribution in [2.45, 2.75) is 25.7 Å². The first-order valence-electron chi connectivity index (χ1n) is 6.56. The monoisotopic (exact) mass is 284 g/mol. The second-order valence-electron chi connectivity index (χ2n) is 5.04. The van der Waals surface area contributed by atoms with Crippen molar-refractivity contribution in [2.24, 2.45) is 17.6 Å². The number of amides is 1. The fourth-order valence-electron chi connectivity index (χ4n) is 2.50. The van der Waals surface area contributed by atoms with Crippen LogP contribution < -0.4 is 11.1 Å². The van der Waals surface area contributed by atoms with E-state index in [1.54, 1.807) is 6.07 Å². The molecule has 0 radical (unpaired) electrons. The van der Waals surface area contributed by atoms with Gasteiger partial charge >= 0.3 is 0 Å². The minimum absolute atomic E-state index is 0.0182. The highest BCUT2D eigenvalue weighted by atomic mass is 35.5. The zero-order valence-corrected chi connectivity index (χ0v) is 11.4. The van der Waals surface area contributed by atoms with Crippen LogP contribution in [0.25, 0.3) is 0 Å². The fourth-order valence-corrected chi connectivity index (χ4v) is 2.67. The van der Waals surface area contributed by atoms with E-state index in [1.807, 2.05) is 0 Å². The molecule has 0 bridgehead atoms. The number of hydrogen-bond acceptors (Lipinski definition) is 2. The lowest BCUT2D eigenvalue weighted by molar-refractivity contribution is -0.121. The van der Waals surface area contributed by atoms with E-state index >= 15 is 0 Å². The molecule has 1 amide bonds. The van der Waals surface area contributed by atoms with Gasteiger partial charge in [0.05, 0.1) is 10.7 Å². The summed E-state index contributed by atoms with van der Waals surface area (Å²) in [6.45, 7) is 0.678. The Bertz CT molecular complexity index is 459. The van der Waals surface area contributed by atoms with Gasteiger partial charge in [-0.25, -0.2) is 4.39 Å². The van der Waals surface area contributed by atoms with Crippen LogP contribution in [0.15, 0.2) is 18.2 Å². The summed E-state index contributed by atoms with van der Waals surface area (Å²) in [6.07, 6.45) is 3.56. The molecule has 5 heteroatoms. The summed E-state index contributed by atoms with van der Waals surface area (Å²) in [5.41, 5.74) is 5.77. The van der Waals surface area contributed by atoms with Gasteiger partial charge in [-0.3, -0.25) is 4.79 Å². The molecule has 0 saturated heterocycles. The SMILES string of the molecule is NCC1CCC(C(=O)Nc2cccc(Cl)c2F)CC1. The Balaban J connectivity index is 1.96. The molecule has 1 fully saturated rings. The molecular formula is C14H18ClFN2O. The van der Waals surface area contributed by atoms with Gasteiger partial charge in [-0.2, -0.15) is 0 Å². The molecule has 0 spiro atoms. The maximum absolute atomic E-state index is 13.7. The van der Waals surface area contributed by atoms with Crippen molar-refractivity contribution in [1.29, 1.82) is 0 Å². The molecule has 1 saturated carbocycles. The summed E-state index contributed by atoms with van der Waals surface area (Å²) in [5, 5.41) is 2.64. The Morgan fingerprint density at radius 2 is 2.05 bits per heavy atom. The minimum Gasteiger partial charge on any atom is -0.330 e. The summed E-state index contributed by atoms with van der Waals surface area (Å²) < 4.78 is 13.7. The van der Waals surface area contributed by atoms with Gasteiger partial charge in [0, 0.05) is 5.92 Å². The molecule has 1 aliphatic carbocycles. The topological polar surface area (TPSA) is 55.1 Å². The average Bonchev–Trinajstić information content (AvgIpc) is 2.44. The number of hydrogen-bond donors (Lipinski definition) is 2. The maximum Gasteiger partial charge on any atom is 0.227 e. The third-order valence-electron chi connectivity index (χ3n) is 3.76. The molecular weight excluding hydrogens is 267 g/mol. The summed E-state index contributed by atoms with van der Waals surface area (Å²) in [6, 6.07) is 4.59. The minimum atomic E-state index is -0.576. The van der Waals surface area contributed by atoms with E-state index in [-0.39, 0.29) is 22.5 Å². The van der Waals surface area contributed by atoms with Gasteiger partial charge in [0.15, 0.2) is 5.82 Å². The van der Waals surface area contributed by atoms with E-state index in [2.05, 4.69) is 5.32 Å². The summed E-state index contributed by atoms with van der Waals surface area (Å²) in [5.74, 6) is -0.238. The third-order valence-corrected chi connectivity index (χ3v) is 4.05. The van der Waals surface area contributed by atoms with Crippen LogP contribution in [0.1, 0.15) is 25.7 Å². The van der Waals surface area contributed by atoms with Crippen LogP contribution in [0, 0.1) is 17.7 Å². The second-order valence-corrected chi connectivity index (χ2v) is 5.45. The lowest BCUT2D eigenvalue weighted by Crippen LogP contribution is -2.29. The molecule has 104 valence electrons. The van der Waals surface area contributed by atoms with E-state index in [0.29, 0.717) is 12.5 Å². The van der Waals surface area contributed by atoms with Crippen molar-refractivity contribution in [1.82, 2.24) is 0 Å². The van der Waals surface area contributed by atoms with Gasteiger partial charge in [-0.05, 0) is 50.3 Å². The summed E-state index contributed by atoms with van der Waals surface area (Å²) in [4.78, 5) is 12.1. The van der Waals surface area contributed by atoms with Gasteiger partial charge in [-0.15, -0.1) is 0 Å². The van der Waals surface area contributed by atoms with Gasteiger partial charge in [0.1, 0.15) is 0 Å². The second kappa shape index (κ2) is 6.35. The van der Waals surface area contributed by atoms with E-state index in [9.17, 15) is 9.18 Å². The predicted octanol–water partition coefficient (Wildman–Crippen LogP) is 3.18. The van der Waals surface area contributed by atoms with E-state index in [4.69, 9.17) is 17.3 Å². The van der Waals surface area contributed by atoms with Crippen LogP contribution in [0.2, 0.25) is 5.02 Å². The molecule has 0 aliphatic heterocycles. The lowest BCUT2D eigenvalue weighted by Gasteiger charge is -2.26. The van der Waals surface area contributed by atoms with Crippen LogP contribution in [0.3, 0.4) is 0 Å². The Morgan fingerprint density at radius 3 is 2.68 bits per heavy atom. The smallest absolute Gasteiger partial charge is 0.227 e. The third kappa shape index (κ3) is 3.45. The zero-order chi connectivity index (χ0) is 13.8.